The highest BCUT2D eigenvalue weighted by Crippen LogP contribution is 2.36. The molecule has 0 aromatic heterocycles. The molecule has 2 N–H and O–H groups in total. The van der Waals surface area contributed by atoms with Crippen molar-refractivity contribution in [2.24, 2.45) is 0 Å². The number of thiocarbonyl (C=S) groups is 1. The van der Waals surface area contributed by atoms with Gasteiger partial charge < -0.3 is 10.1 Å². The number of carbonyl (C=O) groups is 1. The average molecular weight is 471 g/mol. The fourth-order valence-corrected chi connectivity index (χ4v) is 4.07. The molecule has 150 valence electrons. The second-order valence-electron chi connectivity index (χ2n) is 6.70. The van der Waals surface area contributed by atoms with E-state index in [9.17, 15) is 4.79 Å². The van der Waals surface area contributed by atoms with Gasteiger partial charge in [-0.3, -0.25) is 10.1 Å². The summed E-state index contributed by atoms with van der Waals surface area (Å²) in [5.41, 5.74) is 2.54. The zero-order valence-corrected chi connectivity index (χ0v) is 18.8. The number of hydrogen-bond donors (Lipinski definition) is 2. The summed E-state index contributed by atoms with van der Waals surface area (Å²) in [6.45, 7) is 2.18. The van der Waals surface area contributed by atoms with Crippen molar-refractivity contribution >= 4 is 55.6 Å². The van der Waals surface area contributed by atoms with E-state index in [1.54, 1.807) is 13.2 Å². The van der Waals surface area contributed by atoms with Gasteiger partial charge in [-0.2, -0.15) is 0 Å². The standard InChI is InChI=1S/C23H23BrN2O2S/c1-3-4-7-15-10-12-17(13-11-15)25-23(29)26-22(27)19-14-16-8-5-6-9-18(16)20(24)21(19)28-2/h5-6,8-14H,3-4,7H2,1-2H3,(H2,25,26,27,29). The fraction of sp³-hybridized carbons (Fsp3) is 0.217. The molecular weight excluding hydrogens is 448 g/mol. The van der Waals surface area contributed by atoms with Gasteiger partial charge in [0.2, 0.25) is 0 Å². The third-order valence-corrected chi connectivity index (χ3v) is 5.64. The van der Waals surface area contributed by atoms with Crippen LogP contribution in [0.2, 0.25) is 0 Å². The number of carbonyl (C=O) groups excluding carboxylic acids is 1. The van der Waals surface area contributed by atoms with E-state index >= 15 is 0 Å². The molecule has 0 saturated carbocycles. The zero-order valence-electron chi connectivity index (χ0n) is 16.4. The van der Waals surface area contributed by atoms with Gasteiger partial charge in [0.05, 0.1) is 17.1 Å². The lowest BCUT2D eigenvalue weighted by Crippen LogP contribution is -2.34. The van der Waals surface area contributed by atoms with Crippen LogP contribution in [0, 0.1) is 0 Å². The summed E-state index contributed by atoms with van der Waals surface area (Å²) in [5.74, 6) is 0.148. The first kappa shape index (κ1) is 21.3. The minimum absolute atomic E-state index is 0.239. The lowest BCUT2D eigenvalue weighted by atomic mass is 10.1. The van der Waals surface area contributed by atoms with Crippen molar-refractivity contribution in [3.63, 3.8) is 0 Å². The summed E-state index contributed by atoms with van der Waals surface area (Å²) in [6, 6.07) is 17.7. The van der Waals surface area contributed by atoms with Crippen molar-refractivity contribution in [1.82, 2.24) is 5.32 Å². The van der Waals surface area contributed by atoms with Crippen LogP contribution in [-0.4, -0.2) is 18.1 Å². The van der Waals surface area contributed by atoms with Gasteiger partial charge in [0, 0.05) is 5.69 Å². The van der Waals surface area contributed by atoms with Gasteiger partial charge in [0.1, 0.15) is 5.75 Å². The number of nitrogens with one attached hydrogen (secondary N) is 2. The van der Waals surface area contributed by atoms with Gasteiger partial charge in [-0.25, -0.2) is 0 Å². The number of amides is 1. The molecule has 0 saturated heterocycles. The van der Waals surface area contributed by atoms with Crippen molar-refractivity contribution < 1.29 is 9.53 Å². The highest BCUT2D eigenvalue weighted by molar-refractivity contribution is 9.10. The molecule has 0 atom stereocenters. The first-order valence-corrected chi connectivity index (χ1v) is 10.7. The maximum Gasteiger partial charge on any atom is 0.261 e. The molecule has 0 unspecified atom stereocenters. The fourth-order valence-electron chi connectivity index (χ4n) is 3.12. The summed E-state index contributed by atoms with van der Waals surface area (Å²) in [7, 11) is 1.54. The molecule has 29 heavy (non-hydrogen) atoms. The highest BCUT2D eigenvalue weighted by atomic mass is 79.9. The molecule has 0 aliphatic carbocycles. The number of halogens is 1. The third kappa shape index (κ3) is 5.14. The van der Waals surface area contributed by atoms with Crippen LogP contribution in [0.1, 0.15) is 35.7 Å². The quantitative estimate of drug-likeness (QED) is 0.428. The number of aryl methyl sites for hydroxylation is 1. The Morgan fingerprint density at radius 1 is 1.14 bits per heavy atom. The van der Waals surface area contributed by atoms with Crippen LogP contribution in [0.3, 0.4) is 0 Å². The van der Waals surface area contributed by atoms with E-state index in [1.165, 1.54) is 18.4 Å². The van der Waals surface area contributed by atoms with Crippen molar-refractivity contribution in [2.75, 3.05) is 12.4 Å². The first-order valence-electron chi connectivity index (χ1n) is 9.50. The summed E-state index contributed by atoms with van der Waals surface area (Å²) in [5, 5.41) is 7.96. The van der Waals surface area contributed by atoms with Crippen LogP contribution < -0.4 is 15.4 Å². The molecule has 0 spiro atoms. The molecule has 0 aliphatic rings. The van der Waals surface area contributed by atoms with Crippen LogP contribution in [0.5, 0.6) is 5.75 Å². The predicted octanol–water partition coefficient (Wildman–Crippen LogP) is 6.08. The monoisotopic (exact) mass is 470 g/mol. The van der Waals surface area contributed by atoms with Crippen molar-refractivity contribution in [1.29, 1.82) is 0 Å². The van der Waals surface area contributed by atoms with Crippen LogP contribution in [0.15, 0.2) is 59.1 Å². The number of methoxy groups -OCH3 is 1. The van der Waals surface area contributed by atoms with Gasteiger partial charge in [0.15, 0.2) is 5.11 Å². The van der Waals surface area contributed by atoms with Crippen LogP contribution in [-0.2, 0) is 6.42 Å². The summed E-state index contributed by atoms with van der Waals surface area (Å²) < 4.78 is 6.22. The molecule has 0 fully saturated rings. The van der Waals surface area contributed by atoms with Crippen molar-refractivity contribution in [3.05, 3.63) is 70.2 Å². The second-order valence-corrected chi connectivity index (χ2v) is 7.90. The minimum atomic E-state index is -0.328. The Bertz CT molecular complexity index is 1030. The summed E-state index contributed by atoms with van der Waals surface area (Å²) in [6.07, 6.45) is 3.41. The van der Waals surface area contributed by atoms with E-state index in [-0.39, 0.29) is 11.0 Å². The number of rotatable bonds is 6. The van der Waals surface area contributed by atoms with E-state index in [4.69, 9.17) is 17.0 Å². The maximum absolute atomic E-state index is 12.9. The highest BCUT2D eigenvalue weighted by Gasteiger charge is 2.19. The Balaban J connectivity index is 1.73. The van der Waals surface area contributed by atoms with Gasteiger partial charge in [-0.05, 0) is 75.5 Å². The van der Waals surface area contributed by atoms with Crippen LogP contribution in [0.4, 0.5) is 5.69 Å². The van der Waals surface area contributed by atoms with E-state index in [0.29, 0.717) is 11.3 Å². The zero-order chi connectivity index (χ0) is 20.8. The smallest absolute Gasteiger partial charge is 0.261 e. The Hall–Kier alpha value is -2.44. The molecule has 0 bridgehead atoms. The maximum atomic E-state index is 12.9. The normalized spacial score (nSPS) is 10.6. The molecule has 3 aromatic rings. The van der Waals surface area contributed by atoms with Gasteiger partial charge in [0.25, 0.3) is 5.91 Å². The van der Waals surface area contributed by atoms with Crippen molar-refractivity contribution in [3.8, 4) is 5.75 Å². The summed E-state index contributed by atoms with van der Waals surface area (Å²) in [4.78, 5) is 12.9. The molecular formula is C23H23BrN2O2S. The van der Waals surface area contributed by atoms with Crippen molar-refractivity contribution in [2.45, 2.75) is 26.2 Å². The summed E-state index contributed by atoms with van der Waals surface area (Å²) >= 11 is 8.88. The molecule has 0 heterocycles. The Morgan fingerprint density at radius 2 is 1.86 bits per heavy atom. The van der Waals surface area contributed by atoms with E-state index in [2.05, 4.69) is 45.6 Å². The Kier molecular flexibility index (Phi) is 7.23. The van der Waals surface area contributed by atoms with E-state index in [1.807, 2.05) is 36.4 Å². The lowest BCUT2D eigenvalue weighted by Gasteiger charge is -2.14. The number of ether oxygens (including phenoxy) is 1. The number of unbranched alkanes of at least 4 members (excludes halogenated alkanes) is 1. The third-order valence-electron chi connectivity index (χ3n) is 4.65. The number of benzene rings is 3. The Labute approximate surface area is 184 Å². The lowest BCUT2D eigenvalue weighted by molar-refractivity contribution is 0.0975. The van der Waals surface area contributed by atoms with Crippen LogP contribution >= 0.6 is 28.1 Å². The SMILES string of the molecule is CCCCc1ccc(NC(=S)NC(=O)c2cc3ccccc3c(Br)c2OC)cc1. The molecule has 3 aromatic carbocycles. The first-order chi connectivity index (χ1) is 14.0. The largest absolute Gasteiger partial charge is 0.495 e. The number of anilines is 1. The van der Waals surface area contributed by atoms with E-state index < -0.39 is 0 Å². The average Bonchev–Trinajstić information content (AvgIpc) is 2.73. The molecule has 0 radical (unpaired) electrons. The molecule has 3 rings (SSSR count). The van der Waals surface area contributed by atoms with E-state index in [0.717, 1.165) is 27.4 Å². The molecule has 1 amide bonds. The van der Waals surface area contributed by atoms with Gasteiger partial charge >= 0.3 is 0 Å². The van der Waals surface area contributed by atoms with Gasteiger partial charge in [-0.1, -0.05) is 49.7 Å². The minimum Gasteiger partial charge on any atom is -0.495 e. The Morgan fingerprint density at radius 3 is 2.55 bits per heavy atom. The van der Waals surface area contributed by atoms with Crippen LogP contribution in [0.25, 0.3) is 10.8 Å². The molecule has 4 nitrogen and oxygen atoms in total. The number of hydrogen-bond acceptors (Lipinski definition) is 3. The second kappa shape index (κ2) is 9.85. The number of fused-ring (bicyclic) bond motifs is 1. The topological polar surface area (TPSA) is 50.4 Å². The molecule has 0 aliphatic heterocycles. The predicted molar refractivity (Wildman–Crippen MR) is 127 cm³/mol. The van der Waals surface area contributed by atoms with Gasteiger partial charge in [-0.15, -0.1) is 0 Å². The molecule has 6 heteroatoms.